The van der Waals surface area contributed by atoms with Gasteiger partial charge < -0.3 is 15.5 Å². The SMILES string of the molecule is CC1CCCN(C(=O)C2CCN(C(=O)C(N)Cc3ccccc3)CC2)C1. The normalized spacial score (nSPS) is 22.9. The Morgan fingerprint density at radius 2 is 1.77 bits per heavy atom. The van der Waals surface area contributed by atoms with Crippen molar-refractivity contribution in [3.8, 4) is 0 Å². The van der Waals surface area contributed by atoms with Gasteiger partial charge in [-0.15, -0.1) is 0 Å². The van der Waals surface area contributed by atoms with Crippen LogP contribution in [0.2, 0.25) is 0 Å². The number of nitrogens with zero attached hydrogens (tertiary/aromatic N) is 2. The quantitative estimate of drug-likeness (QED) is 0.897. The predicted octanol–water partition coefficient (Wildman–Crippen LogP) is 2.05. The first-order valence-corrected chi connectivity index (χ1v) is 9.91. The Bertz CT molecular complexity index is 611. The minimum absolute atomic E-state index is 0.00588. The van der Waals surface area contributed by atoms with Crippen LogP contribution in [0.25, 0.3) is 0 Å². The summed E-state index contributed by atoms with van der Waals surface area (Å²) in [6, 6.07) is 9.38. The van der Waals surface area contributed by atoms with E-state index in [1.54, 1.807) is 0 Å². The largest absolute Gasteiger partial charge is 0.342 e. The summed E-state index contributed by atoms with van der Waals surface area (Å²) in [5, 5.41) is 0. The van der Waals surface area contributed by atoms with E-state index in [0.29, 0.717) is 25.4 Å². The Morgan fingerprint density at radius 1 is 1.08 bits per heavy atom. The molecule has 2 N–H and O–H groups in total. The maximum Gasteiger partial charge on any atom is 0.239 e. The number of benzene rings is 1. The number of amides is 2. The van der Waals surface area contributed by atoms with Crippen LogP contribution >= 0.6 is 0 Å². The standard InChI is InChI=1S/C21H31N3O2/c1-16-6-5-11-24(15-16)20(25)18-9-12-23(13-10-18)21(26)19(22)14-17-7-3-2-4-8-17/h2-4,7-8,16,18-19H,5-6,9-15,22H2,1H3. The Kier molecular flexibility index (Phi) is 6.30. The van der Waals surface area contributed by atoms with E-state index >= 15 is 0 Å². The fourth-order valence-electron chi connectivity index (χ4n) is 4.18. The van der Waals surface area contributed by atoms with Crippen LogP contribution < -0.4 is 5.73 Å². The Balaban J connectivity index is 1.48. The number of carbonyl (C=O) groups excluding carboxylic acids is 2. The highest BCUT2D eigenvalue weighted by molar-refractivity contribution is 5.83. The first-order valence-electron chi connectivity index (χ1n) is 9.91. The summed E-state index contributed by atoms with van der Waals surface area (Å²) < 4.78 is 0. The van der Waals surface area contributed by atoms with E-state index < -0.39 is 6.04 Å². The second-order valence-electron chi connectivity index (χ2n) is 7.93. The summed E-state index contributed by atoms with van der Waals surface area (Å²) in [5.41, 5.74) is 7.22. The van der Waals surface area contributed by atoms with Crippen LogP contribution in [0, 0.1) is 11.8 Å². The molecule has 2 aliphatic heterocycles. The summed E-state index contributed by atoms with van der Waals surface area (Å²) in [6.45, 7) is 5.28. The monoisotopic (exact) mass is 357 g/mol. The molecule has 2 atom stereocenters. The zero-order valence-corrected chi connectivity index (χ0v) is 15.8. The molecule has 1 aromatic rings. The van der Waals surface area contributed by atoms with Crippen molar-refractivity contribution < 1.29 is 9.59 Å². The van der Waals surface area contributed by atoms with E-state index in [1.807, 2.05) is 40.1 Å². The zero-order chi connectivity index (χ0) is 18.5. The lowest BCUT2D eigenvalue weighted by molar-refractivity contribution is -0.142. The summed E-state index contributed by atoms with van der Waals surface area (Å²) in [7, 11) is 0. The van der Waals surface area contributed by atoms with Crippen LogP contribution in [-0.4, -0.2) is 53.8 Å². The van der Waals surface area contributed by atoms with Crippen LogP contribution in [0.4, 0.5) is 0 Å². The Hall–Kier alpha value is -1.88. The number of carbonyl (C=O) groups is 2. The number of likely N-dealkylation sites (tertiary alicyclic amines) is 2. The van der Waals surface area contributed by atoms with E-state index in [4.69, 9.17) is 5.73 Å². The van der Waals surface area contributed by atoms with Gasteiger partial charge in [0.25, 0.3) is 0 Å². The molecule has 1 aromatic carbocycles. The van der Waals surface area contributed by atoms with Gasteiger partial charge in [0, 0.05) is 32.1 Å². The van der Waals surface area contributed by atoms with E-state index in [2.05, 4.69) is 6.92 Å². The van der Waals surface area contributed by atoms with Gasteiger partial charge in [-0.05, 0) is 43.6 Å². The average Bonchev–Trinajstić information content (AvgIpc) is 2.67. The van der Waals surface area contributed by atoms with Crippen LogP contribution in [0.5, 0.6) is 0 Å². The third-order valence-electron chi connectivity index (χ3n) is 5.74. The van der Waals surface area contributed by atoms with E-state index in [1.165, 1.54) is 6.42 Å². The lowest BCUT2D eigenvalue weighted by atomic mass is 9.92. The average molecular weight is 357 g/mol. The second-order valence-corrected chi connectivity index (χ2v) is 7.93. The molecule has 0 aliphatic carbocycles. The molecule has 0 saturated carbocycles. The van der Waals surface area contributed by atoms with Gasteiger partial charge in [0.05, 0.1) is 6.04 Å². The molecule has 2 fully saturated rings. The number of hydrogen-bond donors (Lipinski definition) is 1. The molecule has 2 saturated heterocycles. The molecule has 0 aromatic heterocycles. The van der Waals surface area contributed by atoms with Crippen molar-refractivity contribution in [2.24, 2.45) is 17.6 Å². The molecule has 2 heterocycles. The van der Waals surface area contributed by atoms with E-state index in [0.717, 1.165) is 37.9 Å². The molecule has 5 nitrogen and oxygen atoms in total. The molecule has 2 unspecified atom stereocenters. The number of rotatable bonds is 4. The predicted molar refractivity (Wildman–Crippen MR) is 102 cm³/mol. The highest BCUT2D eigenvalue weighted by Crippen LogP contribution is 2.24. The van der Waals surface area contributed by atoms with Gasteiger partial charge in [0.15, 0.2) is 0 Å². The fourth-order valence-corrected chi connectivity index (χ4v) is 4.18. The zero-order valence-electron chi connectivity index (χ0n) is 15.8. The summed E-state index contributed by atoms with van der Waals surface area (Å²) >= 11 is 0. The van der Waals surface area contributed by atoms with Gasteiger partial charge in [-0.2, -0.15) is 0 Å². The fraction of sp³-hybridized carbons (Fsp3) is 0.619. The van der Waals surface area contributed by atoms with Crippen LogP contribution in [0.3, 0.4) is 0 Å². The molecule has 26 heavy (non-hydrogen) atoms. The summed E-state index contributed by atoms with van der Waals surface area (Å²) in [6.07, 6.45) is 4.40. The van der Waals surface area contributed by atoms with Gasteiger partial charge in [-0.3, -0.25) is 9.59 Å². The molecule has 3 rings (SSSR count). The summed E-state index contributed by atoms with van der Waals surface area (Å²) in [4.78, 5) is 29.3. The van der Waals surface area contributed by atoms with Gasteiger partial charge in [-0.25, -0.2) is 0 Å². The minimum Gasteiger partial charge on any atom is -0.342 e. The van der Waals surface area contributed by atoms with Crippen molar-refractivity contribution in [3.05, 3.63) is 35.9 Å². The lowest BCUT2D eigenvalue weighted by Crippen LogP contribution is -2.50. The molecule has 2 amide bonds. The molecule has 142 valence electrons. The highest BCUT2D eigenvalue weighted by atomic mass is 16.2. The number of hydrogen-bond acceptors (Lipinski definition) is 3. The van der Waals surface area contributed by atoms with Crippen molar-refractivity contribution in [1.29, 1.82) is 0 Å². The molecule has 2 aliphatic rings. The molecule has 0 spiro atoms. The van der Waals surface area contributed by atoms with Crippen molar-refractivity contribution in [2.45, 2.75) is 45.1 Å². The van der Waals surface area contributed by atoms with Crippen LogP contribution in [0.15, 0.2) is 30.3 Å². The first kappa shape index (κ1) is 18.9. The van der Waals surface area contributed by atoms with Crippen molar-refractivity contribution in [1.82, 2.24) is 9.80 Å². The van der Waals surface area contributed by atoms with Crippen LogP contribution in [-0.2, 0) is 16.0 Å². The van der Waals surface area contributed by atoms with E-state index in [-0.39, 0.29) is 17.7 Å². The molecular weight excluding hydrogens is 326 g/mol. The minimum atomic E-state index is -0.507. The highest BCUT2D eigenvalue weighted by Gasteiger charge is 2.32. The van der Waals surface area contributed by atoms with Gasteiger partial charge in [0.2, 0.25) is 11.8 Å². The maximum absolute atomic E-state index is 12.7. The Morgan fingerprint density at radius 3 is 2.42 bits per heavy atom. The van der Waals surface area contributed by atoms with Crippen molar-refractivity contribution >= 4 is 11.8 Å². The number of nitrogens with two attached hydrogens (primary N) is 1. The van der Waals surface area contributed by atoms with E-state index in [9.17, 15) is 9.59 Å². The second kappa shape index (κ2) is 8.67. The van der Waals surface area contributed by atoms with Crippen molar-refractivity contribution in [3.63, 3.8) is 0 Å². The third kappa shape index (κ3) is 4.64. The number of piperidine rings is 2. The lowest BCUT2D eigenvalue weighted by Gasteiger charge is -2.37. The third-order valence-corrected chi connectivity index (χ3v) is 5.74. The smallest absolute Gasteiger partial charge is 0.239 e. The van der Waals surface area contributed by atoms with Gasteiger partial charge >= 0.3 is 0 Å². The topological polar surface area (TPSA) is 66.6 Å². The van der Waals surface area contributed by atoms with Crippen LogP contribution in [0.1, 0.15) is 38.2 Å². The maximum atomic E-state index is 12.7. The van der Waals surface area contributed by atoms with Gasteiger partial charge in [-0.1, -0.05) is 37.3 Å². The Labute approximate surface area is 156 Å². The first-order chi connectivity index (χ1) is 12.5. The molecule has 0 bridgehead atoms. The molecular formula is C21H31N3O2. The molecule has 5 heteroatoms. The van der Waals surface area contributed by atoms with Crippen molar-refractivity contribution in [2.75, 3.05) is 26.2 Å². The van der Waals surface area contributed by atoms with Gasteiger partial charge in [0.1, 0.15) is 0 Å². The molecule has 0 radical (unpaired) electrons. The summed E-state index contributed by atoms with van der Waals surface area (Å²) in [5.74, 6) is 0.962.